The molecule has 0 aliphatic rings. The van der Waals surface area contributed by atoms with Gasteiger partial charge in [-0.3, -0.25) is 0 Å². The van der Waals surface area contributed by atoms with Gasteiger partial charge in [0.2, 0.25) is 5.89 Å². The lowest BCUT2D eigenvalue weighted by Gasteiger charge is -2.08. The summed E-state index contributed by atoms with van der Waals surface area (Å²) in [5, 5.41) is 2.36. The van der Waals surface area contributed by atoms with E-state index in [-0.39, 0.29) is 12.2 Å². The van der Waals surface area contributed by atoms with Gasteiger partial charge in [0.1, 0.15) is 29.9 Å². The minimum Gasteiger partial charge on any atom is -0.496 e. The van der Waals surface area contributed by atoms with Crippen LogP contribution in [0, 0.1) is 0 Å². The van der Waals surface area contributed by atoms with E-state index in [2.05, 4.69) is 4.98 Å². The van der Waals surface area contributed by atoms with Crippen LogP contribution in [0.5, 0.6) is 5.75 Å². The molecule has 0 spiro atoms. The Kier molecular flexibility index (Phi) is 4.64. The number of hydrogen-bond acceptors (Lipinski definition) is 6. The number of methoxy groups -OCH3 is 1. The number of halogens is 1. The summed E-state index contributed by atoms with van der Waals surface area (Å²) in [6, 6.07) is 8.58. The van der Waals surface area contributed by atoms with Gasteiger partial charge in [0, 0.05) is 5.02 Å². The lowest BCUT2D eigenvalue weighted by Crippen LogP contribution is -2.07. The lowest BCUT2D eigenvalue weighted by atomic mass is 10.2. The van der Waals surface area contributed by atoms with E-state index in [0.29, 0.717) is 22.4 Å². The van der Waals surface area contributed by atoms with Gasteiger partial charge in [-0.1, -0.05) is 17.7 Å². The molecule has 7 heteroatoms. The predicted octanol–water partition coefficient (Wildman–Crippen LogP) is 4.42. The molecule has 0 aliphatic carbocycles. The van der Waals surface area contributed by atoms with Crippen LogP contribution in [0.1, 0.15) is 16.1 Å². The molecule has 0 saturated heterocycles. The summed E-state index contributed by atoms with van der Waals surface area (Å²) < 4.78 is 15.8. The number of carbonyl (C=O) groups is 1. The van der Waals surface area contributed by atoms with Gasteiger partial charge in [-0.25, -0.2) is 9.78 Å². The molecule has 0 aliphatic heterocycles. The Morgan fingerprint density at radius 3 is 3.00 bits per heavy atom. The number of oxazole rings is 1. The highest BCUT2D eigenvalue weighted by Crippen LogP contribution is 2.25. The summed E-state index contributed by atoms with van der Waals surface area (Å²) in [5.74, 6) is 0.371. The van der Waals surface area contributed by atoms with Gasteiger partial charge in [-0.2, -0.15) is 0 Å². The van der Waals surface area contributed by atoms with Gasteiger partial charge in [0.15, 0.2) is 0 Å². The molecular formula is C16H12ClNO4S. The number of hydrogen-bond donors (Lipinski definition) is 0. The summed E-state index contributed by atoms with van der Waals surface area (Å²) in [4.78, 5) is 17.4. The lowest BCUT2D eigenvalue weighted by molar-refractivity contribution is 0.0464. The molecule has 2 aromatic heterocycles. The van der Waals surface area contributed by atoms with Crippen molar-refractivity contribution in [1.82, 2.24) is 4.98 Å². The molecule has 0 radical (unpaired) electrons. The standard InChI is InChI=1S/C16H12ClNO4S/c1-20-13-5-4-10(17)7-12(13)16(19)22-9-11-8-21-15(18-11)14-3-2-6-23-14/h2-8H,9H2,1H3. The van der Waals surface area contributed by atoms with Crippen molar-refractivity contribution in [2.75, 3.05) is 7.11 Å². The number of nitrogens with zero attached hydrogens (tertiary/aromatic N) is 1. The third kappa shape index (κ3) is 3.55. The highest BCUT2D eigenvalue weighted by molar-refractivity contribution is 7.13. The number of thiophene rings is 1. The molecule has 5 nitrogen and oxygen atoms in total. The molecule has 0 saturated carbocycles. The molecule has 3 rings (SSSR count). The SMILES string of the molecule is COc1ccc(Cl)cc1C(=O)OCc1coc(-c2cccs2)n1. The van der Waals surface area contributed by atoms with Crippen LogP contribution in [0.25, 0.3) is 10.8 Å². The largest absolute Gasteiger partial charge is 0.496 e. The Bertz CT molecular complexity index is 813. The molecule has 0 N–H and O–H groups in total. The van der Waals surface area contributed by atoms with E-state index < -0.39 is 5.97 Å². The maximum absolute atomic E-state index is 12.2. The van der Waals surface area contributed by atoms with Crippen molar-refractivity contribution in [2.24, 2.45) is 0 Å². The van der Waals surface area contributed by atoms with Gasteiger partial charge < -0.3 is 13.9 Å². The Hall–Kier alpha value is -2.31. The second kappa shape index (κ2) is 6.85. The highest BCUT2D eigenvalue weighted by atomic mass is 35.5. The topological polar surface area (TPSA) is 61.6 Å². The molecule has 0 unspecified atom stereocenters. The second-order valence-electron chi connectivity index (χ2n) is 4.54. The quantitative estimate of drug-likeness (QED) is 0.638. The average molecular weight is 350 g/mol. The normalized spacial score (nSPS) is 10.5. The van der Waals surface area contributed by atoms with Crippen molar-refractivity contribution < 1.29 is 18.7 Å². The van der Waals surface area contributed by atoms with Gasteiger partial charge >= 0.3 is 5.97 Å². The van der Waals surface area contributed by atoms with Crippen molar-refractivity contribution in [3.05, 3.63) is 58.3 Å². The van der Waals surface area contributed by atoms with E-state index in [4.69, 9.17) is 25.5 Å². The van der Waals surface area contributed by atoms with E-state index in [9.17, 15) is 4.79 Å². The molecule has 3 aromatic rings. The fourth-order valence-electron chi connectivity index (χ4n) is 1.94. The van der Waals surface area contributed by atoms with Crippen LogP contribution in [0.4, 0.5) is 0 Å². The number of esters is 1. The second-order valence-corrected chi connectivity index (χ2v) is 5.93. The molecular weight excluding hydrogens is 338 g/mol. The summed E-state index contributed by atoms with van der Waals surface area (Å²) in [6.07, 6.45) is 1.47. The molecule has 0 bridgehead atoms. The molecule has 0 atom stereocenters. The Morgan fingerprint density at radius 2 is 2.26 bits per heavy atom. The minimum atomic E-state index is -0.537. The molecule has 0 fully saturated rings. The average Bonchev–Trinajstić information content (AvgIpc) is 3.23. The van der Waals surface area contributed by atoms with E-state index in [0.717, 1.165) is 4.88 Å². The number of aromatic nitrogens is 1. The monoisotopic (exact) mass is 349 g/mol. The minimum absolute atomic E-state index is 0.00335. The molecule has 0 amide bonds. The predicted molar refractivity (Wildman–Crippen MR) is 86.9 cm³/mol. The molecule has 2 heterocycles. The first-order valence-electron chi connectivity index (χ1n) is 6.66. The van der Waals surface area contributed by atoms with Crippen molar-refractivity contribution >= 4 is 28.9 Å². The number of rotatable bonds is 5. The van der Waals surface area contributed by atoms with E-state index in [1.165, 1.54) is 30.8 Å². The molecule has 23 heavy (non-hydrogen) atoms. The summed E-state index contributed by atoms with van der Waals surface area (Å²) in [5.41, 5.74) is 0.796. The first kappa shape index (κ1) is 15.6. The van der Waals surface area contributed by atoms with Crippen molar-refractivity contribution in [1.29, 1.82) is 0 Å². The fraction of sp³-hybridized carbons (Fsp3) is 0.125. The first-order valence-corrected chi connectivity index (χ1v) is 7.92. The highest BCUT2D eigenvalue weighted by Gasteiger charge is 2.16. The summed E-state index contributed by atoms with van der Waals surface area (Å²) in [6.45, 7) is 0.00335. The maximum atomic E-state index is 12.2. The smallest absolute Gasteiger partial charge is 0.342 e. The Balaban J connectivity index is 1.69. The zero-order chi connectivity index (χ0) is 16.2. The van der Waals surface area contributed by atoms with Crippen LogP contribution in [0.3, 0.4) is 0 Å². The third-order valence-electron chi connectivity index (χ3n) is 3.02. The zero-order valence-electron chi connectivity index (χ0n) is 12.1. The van der Waals surface area contributed by atoms with Crippen LogP contribution in [-0.4, -0.2) is 18.1 Å². The summed E-state index contributed by atoms with van der Waals surface area (Å²) >= 11 is 7.43. The van der Waals surface area contributed by atoms with E-state index >= 15 is 0 Å². The van der Waals surface area contributed by atoms with E-state index in [1.807, 2.05) is 17.5 Å². The fourth-order valence-corrected chi connectivity index (χ4v) is 2.77. The maximum Gasteiger partial charge on any atom is 0.342 e. The molecule has 118 valence electrons. The molecule has 1 aromatic carbocycles. The van der Waals surface area contributed by atoms with Crippen molar-refractivity contribution in [2.45, 2.75) is 6.61 Å². The van der Waals surface area contributed by atoms with Gasteiger partial charge in [0.25, 0.3) is 0 Å². The Morgan fingerprint density at radius 1 is 1.39 bits per heavy atom. The Labute approximate surface area is 141 Å². The zero-order valence-corrected chi connectivity index (χ0v) is 13.7. The first-order chi connectivity index (χ1) is 11.2. The van der Waals surface area contributed by atoms with Gasteiger partial charge in [-0.05, 0) is 29.6 Å². The van der Waals surface area contributed by atoms with Crippen molar-refractivity contribution in [3.63, 3.8) is 0 Å². The van der Waals surface area contributed by atoms with Crippen LogP contribution in [0.2, 0.25) is 5.02 Å². The number of benzene rings is 1. The van der Waals surface area contributed by atoms with Gasteiger partial charge in [0.05, 0.1) is 12.0 Å². The summed E-state index contributed by atoms with van der Waals surface area (Å²) in [7, 11) is 1.48. The van der Waals surface area contributed by atoms with Gasteiger partial charge in [-0.15, -0.1) is 11.3 Å². The number of carbonyl (C=O) groups excluding carboxylic acids is 1. The van der Waals surface area contributed by atoms with E-state index in [1.54, 1.807) is 12.1 Å². The number of ether oxygens (including phenoxy) is 2. The van der Waals surface area contributed by atoms with Crippen molar-refractivity contribution in [3.8, 4) is 16.5 Å². The van der Waals surface area contributed by atoms with Crippen LogP contribution in [-0.2, 0) is 11.3 Å². The third-order valence-corrected chi connectivity index (χ3v) is 4.11. The van der Waals surface area contributed by atoms with Crippen LogP contribution < -0.4 is 4.74 Å². The van der Waals surface area contributed by atoms with Crippen LogP contribution in [0.15, 0.2) is 46.4 Å². The van der Waals surface area contributed by atoms with Crippen LogP contribution >= 0.6 is 22.9 Å².